The number of ether oxygens (including phenoxy) is 1. The molecule has 1 aromatic rings. The van der Waals surface area contributed by atoms with Gasteiger partial charge in [0.2, 0.25) is 0 Å². The first kappa shape index (κ1) is 12.8. The fraction of sp³-hybridized carbons (Fsp3) is 0.500. The molecule has 0 aliphatic carbocycles. The quantitative estimate of drug-likeness (QED) is 0.696. The summed E-state index contributed by atoms with van der Waals surface area (Å²) < 4.78 is 5.27. The molecule has 0 saturated heterocycles. The van der Waals surface area contributed by atoms with Crippen molar-refractivity contribution in [3.05, 3.63) is 23.8 Å². The normalized spacial score (nSPS) is 10.2. The topological polar surface area (TPSA) is 30.9 Å². The highest BCUT2D eigenvalue weighted by molar-refractivity contribution is 5.57. The lowest BCUT2D eigenvalue weighted by Crippen LogP contribution is -2.24. The van der Waals surface area contributed by atoms with Crippen molar-refractivity contribution in [3.63, 3.8) is 0 Å². The highest BCUT2D eigenvalue weighted by atomic mass is 16.9. The van der Waals surface area contributed by atoms with Crippen LogP contribution >= 0.6 is 0 Å². The standard InChI is InChI=1S/C12H19NO3/c1-5-15-13(16-6-2)11-9-10(3)7-8-12(11)14-4/h7-9H,5-6H2,1-4H3. The van der Waals surface area contributed by atoms with Crippen molar-refractivity contribution < 1.29 is 14.4 Å². The molecule has 1 aromatic carbocycles. The first-order valence-electron chi connectivity index (χ1n) is 5.43. The third-order valence-corrected chi connectivity index (χ3v) is 2.02. The smallest absolute Gasteiger partial charge is 0.147 e. The second-order valence-corrected chi connectivity index (χ2v) is 3.27. The van der Waals surface area contributed by atoms with Gasteiger partial charge in [-0.15, -0.1) is 5.23 Å². The molecule has 0 aliphatic rings. The van der Waals surface area contributed by atoms with E-state index in [1.165, 1.54) is 5.23 Å². The zero-order valence-corrected chi connectivity index (χ0v) is 10.3. The molecule has 0 fully saturated rings. The minimum Gasteiger partial charge on any atom is -0.494 e. The summed E-state index contributed by atoms with van der Waals surface area (Å²) in [6, 6.07) is 5.85. The van der Waals surface area contributed by atoms with Gasteiger partial charge < -0.3 is 4.74 Å². The molecule has 4 nitrogen and oxygen atoms in total. The van der Waals surface area contributed by atoms with Crippen molar-refractivity contribution in [1.82, 2.24) is 0 Å². The van der Waals surface area contributed by atoms with Crippen LogP contribution in [0.4, 0.5) is 5.69 Å². The van der Waals surface area contributed by atoms with E-state index in [0.29, 0.717) is 13.2 Å². The summed E-state index contributed by atoms with van der Waals surface area (Å²) in [5.74, 6) is 0.729. The number of methoxy groups -OCH3 is 1. The second-order valence-electron chi connectivity index (χ2n) is 3.27. The molecule has 0 radical (unpaired) electrons. The van der Waals surface area contributed by atoms with Crippen LogP contribution in [0.25, 0.3) is 0 Å². The molecule has 4 heteroatoms. The van der Waals surface area contributed by atoms with Gasteiger partial charge >= 0.3 is 0 Å². The monoisotopic (exact) mass is 225 g/mol. The lowest BCUT2D eigenvalue weighted by molar-refractivity contribution is -0.0823. The fourth-order valence-corrected chi connectivity index (χ4v) is 1.35. The van der Waals surface area contributed by atoms with E-state index in [1.54, 1.807) is 7.11 Å². The summed E-state index contributed by atoms with van der Waals surface area (Å²) in [4.78, 5) is 10.8. The molecule has 0 atom stereocenters. The summed E-state index contributed by atoms with van der Waals surface area (Å²) in [5, 5.41) is 1.41. The van der Waals surface area contributed by atoms with Crippen LogP contribution in [0, 0.1) is 6.92 Å². The lowest BCUT2D eigenvalue weighted by atomic mass is 10.2. The van der Waals surface area contributed by atoms with Crippen molar-refractivity contribution >= 4 is 5.69 Å². The molecule has 1 rings (SSSR count). The Bertz CT molecular complexity index is 322. The van der Waals surface area contributed by atoms with E-state index in [-0.39, 0.29) is 0 Å². The van der Waals surface area contributed by atoms with Crippen molar-refractivity contribution in [2.75, 3.05) is 25.6 Å². The van der Waals surface area contributed by atoms with Crippen LogP contribution in [0.2, 0.25) is 0 Å². The second kappa shape index (κ2) is 6.35. The number of aryl methyl sites for hydroxylation is 1. The summed E-state index contributed by atoms with van der Waals surface area (Å²) in [6.07, 6.45) is 0. The van der Waals surface area contributed by atoms with Crippen molar-refractivity contribution in [3.8, 4) is 5.75 Å². The third-order valence-electron chi connectivity index (χ3n) is 2.02. The predicted molar refractivity (Wildman–Crippen MR) is 63.5 cm³/mol. The van der Waals surface area contributed by atoms with Gasteiger partial charge in [-0.1, -0.05) is 6.07 Å². The van der Waals surface area contributed by atoms with E-state index in [4.69, 9.17) is 14.4 Å². The third kappa shape index (κ3) is 3.12. The van der Waals surface area contributed by atoms with E-state index >= 15 is 0 Å². The van der Waals surface area contributed by atoms with Gasteiger partial charge in [0, 0.05) is 0 Å². The van der Waals surface area contributed by atoms with Gasteiger partial charge in [0.25, 0.3) is 0 Å². The lowest BCUT2D eigenvalue weighted by Gasteiger charge is -2.23. The van der Waals surface area contributed by atoms with Crippen molar-refractivity contribution in [2.24, 2.45) is 0 Å². The number of nitrogens with zero attached hydrogens (tertiary/aromatic N) is 1. The average molecular weight is 225 g/mol. The summed E-state index contributed by atoms with van der Waals surface area (Å²) in [7, 11) is 1.63. The molecule has 0 saturated carbocycles. The number of hydrogen-bond acceptors (Lipinski definition) is 4. The summed E-state index contributed by atoms with van der Waals surface area (Å²) in [6.45, 7) is 6.91. The maximum absolute atomic E-state index is 5.40. The van der Waals surface area contributed by atoms with Gasteiger partial charge in [-0.2, -0.15) is 0 Å². The molecule has 0 aliphatic heterocycles. The fourth-order valence-electron chi connectivity index (χ4n) is 1.35. The predicted octanol–water partition coefficient (Wildman–Crippen LogP) is 2.71. The van der Waals surface area contributed by atoms with Crippen LogP contribution in [0.15, 0.2) is 18.2 Å². The Labute approximate surface area is 96.6 Å². The zero-order valence-electron chi connectivity index (χ0n) is 10.3. The molecule has 0 bridgehead atoms. The van der Waals surface area contributed by atoms with Crippen LogP contribution in [-0.4, -0.2) is 20.3 Å². The highest BCUT2D eigenvalue weighted by Crippen LogP contribution is 2.29. The maximum Gasteiger partial charge on any atom is 0.147 e. The molecular weight excluding hydrogens is 206 g/mol. The van der Waals surface area contributed by atoms with Gasteiger partial charge in [-0.05, 0) is 38.5 Å². The van der Waals surface area contributed by atoms with Gasteiger partial charge in [0.15, 0.2) is 0 Å². The van der Waals surface area contributed by atoms with Crippen LogP contribution < -0.4 is 9.96 Å². The Balaban J connectivity index is 3.00. The van der Waals surface area contributed by atoms with Gasteiger partial charge in [0.1, 0.15) is 11.4 Å². The molecule has 16 heavy (non-hydrogen) atoms. The molecule has 0 spiro atoms. The SMILES string of the molecule is CCON(OCC)c1cc(C)ccc1OC. The molecule has 0 unspecified atom stereocenters. The van der Waals surface area contributed by atoms with E-state index in [2.05, 4.69) is 0 Å². The number of benzene rings is 1. The number of anilines is 1. The Kier molecular flexibility index (Phi) is 5.08. The maximum atomic E-state index is 5.40. The van der Waals surface area contributed by atoms with Crippen LogP contribution in [0.5, 0.6) is 5.75 Å². The van der Waals surface area contributed by atoms with Crippen LogP contribution in [-0.2, 0) is 9.68 Å². The molecule has 90 valence electrons. The van der Waals surface area contributed by atoms with E-state index in [9.17, 15) is 0 Å². The molecular formula is C12H19NO3. The minimum atomic E-state index is 0.539. The Morgan fingerprint density at radius 3 is 2.25 bits per heavy atom. The average Bonchev–Trinajstić information content (AvgIpc) is 2.29. The first-order valence-corrected chi connectivity index (χ1v) is 5.43. The largest absolute Gasteiger partial charge is 0.494 e. The van der Waals surface area contributed by atoms with Gasteiger partial charge in [-0.3, -0.25) is 0 Å². The first-order chi connectivity index (χ1) is 7.72. The van der Waals surface area contributed by atoms with Gasteiger partial charge in [0.05, 0.1) is 20.3 Å². The Hall–Kier alpha value is -1.26. The Morgan fingerprint density at radius 1 is 1.12 bits per heavy atom. The summed E-state index contributed by atoms with van der Waals surface area (Å²) in [5.41, 5.74) is 1.91. The number of hydrogen-bond donors (Lipinski definition) is 0. The van der Waals surface area contributed by atoms with Crippen LogP contribution in [0.3, 0.4) is 0 Å². The highest BCUT2D eigenvalue weighted by Gasteiger charge is 2.13. The molecule has 0 heterocycles. The molecule has 0 amide bonds. The van der Waals surface area contributed by atoms with Crippen molar-refractivity contribution in [1.29, 1.82) is 0 Å². The zero-order chi connectivity index (χ0) is 12.0. The summed E-state index contributed by atoms with van der Waals surface area (Å²) >= 11 is 0. The Morgan fingerprint density at radius 2 is 1.75 bits per heavy atom. The van der Waals surface area contributed by atoms with E-state index in [0.717, 1.165) is 17.0 Å². The molecule has 0 aromatic heterocycles. The minimum absolute atomic E-state index is 0.539. The van der Waals surface area contributed by atoms with Crippen molar-refractivity contribution in [2.45, 2.75) is 20.8 Å². The van der Waals surface area contributed by atoms with Crippen LogP contribution in [0.1, 0.15) is 19.4 Å². The molecule has 0 N–H and O–H groups in total. The van der Waals surface area contributed by atoms with E-state index in [1.807, 2.05) is 39.0 Å². The van der Waals surface area contributed by atoms with E-state index < -0.39 is 0 Å². The number of rotatable bonds is 6. The van der Waals surface area contributed by atoms with Gasteiger partial charge in [-0.25, -0.2) is 9.68 Å².